The summed E-state index contributed by atoms with van der Waals surface area (Å²) in [5.41, 5.74) is 0. The van der Waals surface area contributed by atoms with Crippen LogP contribution in [0.1, 0.15) is 27.7 Å². The summed E-state index contributed by atoms with van der Waals surface area (Å²) < 4.78 is 2.31. The lowest BCUT2D eigenvalue weighted by atomic mass is 10.3. The Hall–Kier alpha value is -0.160. The molecule has 2 N–H and O–H groups in total. The van der Waals surface area contributed by atoms with Gasteiger partial charge in [-0.1, -0.05) is 0 Å². The topological polar surface area (TPSA) is 24.1 Å². The Morgan fingerprint density at radius 1 is 0.647 bits per heavy atom. The minimum atomic E-state index is 1.07. The van der Waals surface area contributed by atoms with Gasteiger partial charge in [-0.15, -0.1) is 0 Å². The number of hydrogen-bond acceptors (Lipinski definition) is 2. The molecule has 0 fully saturated rings. The van der Waals surface area contributed by atoms with Crippen LogP contribution in [0.3, 0.4) is 0 Å². The van der Waals surface area contributed by atoms with Crippen LogP contribution in [0.5, 0.6) is 0 Å². The molecule has 0 bridgehead atoms. The zero-order valence-corrected chi connectivity index (χ0v) is 12.8. The zero-order valence-electron chi connectivity index (χ0n) is 12.8. The third kappa shape index (κ3) is 4.54. The highest BCUT2D eigenvalue weighted by molar-refractivity contribution is 4.38. The summed E-state index contributed by atoms with van der Waals surface area (Å²) in [5.74, 6) is 0. The van der Waals surface area contributed by atoms with E-state index in [9.17, 15) is 0 Å². The second-order valence-corrected chi connectivity index (χ2v) is 5.11. The highest BCUT2D eigenvalue weighted by atomic mass is 15.6. The minimum absolute atomic E-state index is 1.07. The summed E-state index contributed by atoms with van der Waals surface area (Å²) in [7, 11) is 4.12. The molecule has 17 heavy (non-hydrogen) atoms. The summed E-state index contributed by atoms with van der Waals surface area (Å²) >= 11 is 0. The van der Waals surface area contributed by atoms with Gasteiger partial charge in [0.05, 0.1) is 26.2 Å². The average molecular weight is 246 g/mol. The Labute approximate surface area is 108 Å². The molecule has 4 nitrogen and oxygen atoms in total. The molecular formula is C13H34N4+2. The van der Waals surface area contributed by atoms with E-state index in [0.29, 0.717) is 0 Å². The van der Waals surface area contributed by atoms with Crippen molar-refractivity contribution in [3.05, 3.63) is 0 Å². The molecule has 0 atom stereocenters. The van der Waals surface area contributed by atoms with E-state index in [0.717, 1.165) is 22.3 Å². The number of nitrogens with one attached hydrogen (secondary N) is 2. The molecule has 0 saturated carbocycles. The highest BCUT2D eigenvalue weighted by Crippen LogP contribution is 2.14. The van der Waals surface area contributed by atoms with Gasteiger partial charge in [0.15, 0.2) is 0 Å². The van der Waals surface area contributed by atoms with Crippen LogP contribution in [0.2, 0.25) is 0 Å². The first-order chi connectivity index (χ1) is 8.07. The quantitative estimate of drug-likeness (QED) is 0.444. The molecule has 0 aliphatic carbocycles. The van der Waals surface area contributed by atoms with Gasteiger partial charge in [0.1, 0.15) is 13.3 Å². The van der Waals surface area contributed by atoms with E-state index in [4.69, 9.17) is 0 Å². The Morgan fingerprint density at radius 3 is 1.12 bits per heavy atom. The van der Waals surface area contributed by atoms with E-state index >= 15 is 0 Å². The van der Waals surface area contributed by atoms with Crippen LogP contribution in [0.4, 0.5) is 0 Å². The number of quaternary nitrogens is 2. The second-order valence-electron chi connectivity index (χ2n) is 5.11. The monoisotopic (exact) mass is 246 g/mol. The third-order valence-corrected chi connectivity index (χ3v) is 4.27. The van der Waals surface area contributed by atoms with Crippen LogP contribution in [-0.2, 0) is 0 Å². The lowest BCUT2D eigenvalue weighted by Crippen LogP contribution is -2.66. The lowest BCUT2D eigenvalue weighted by Gasteiger charge is -2.45. The first kappa shape index (κ1) is 16.8. The van der Waals surface area contributed by atoms with Crippen molar-refractivity contribution in [2.24, 2.45) is 0 Å². The summed E-state index contributed by atoms with van der Waals surface area (Å²) in [5, 5.41) is 6.73. The smallest absolute Gasteiger partial charge is 0.209 e. The molecule has 0 aromatic heterocycles. The van der Waals surface area contributed by atoms with Gasteiger partial charge in [-0.2, -0.15) is 0 Å². The molecule has 0 radical (unpaired) electrons. The molecule has 4 heteroatoms. The van der Waals surface area contributed by atoms with Crippen LogP contribution in [-0.4, -0.2) is 69.2 Å². The highest BCUT2D eigenvalue weighted by Gasteiger charge is 2.35. The summed E-state index contributed by atoms with van der Waals surface area (Å²) in [4.78, 5) is 0. The Bertz CT molecular complexity index is 166. The fourth-order valence-corrected chi connectivity index (χ4v) is 2.70. The predicted molar refractivity (Wildman–Crippen MR) is 75.4 cm³/mol. The zero-order chi connectivity index (χ0) is 13.4. The van der Waals surface area contributed by atoms with Gasteiger partial charge in [0.25, 0.3) is 0 Å². The molecule has 0 rings (SSSR count). The van der Waals surface area contributed by atoms with Crippen molar-refractivity contribution in [3.8, 4) is 0 Å². The molecule has 104 valence electrons. The lowest BCUT2D eigenvalue weighted by molar-refractivity contribution is -1.10. The summed E-state index contributed by atoms with van der Waals surface area (Å²) in [6.07, 6.45) is 0. The maximum absolute atomic E-state index is 3.37. The molecule has 0 amide bonds. The van der Waals surface area contributed by atoms with Crippen LogP contribution in [0, 0.1) is 0 Å². The SMILES string of the molecule is CC[N+](CC)(CNC)C[N+](CC)(CC)CNC. The van der Waals surface area contributed by atoms with Crippen molar-refractivity contribution >= 4 is 0 Å². The average Bonchev–Trinajstić information content (AvgIpc) is 2.37. The first-order valence-corrected chi connectivity index (χ1v) is 7.07. The van der Waals surface area contributed by atoms with Crippen molar-refractivity contribution in [3.63, 3.8) is 0 Å². The van der Waals surface area contributed by atoms with E-state index < -0.39 is 0 Å². The minimum Gasteiger partial charge on any atom is -0.273 e. The van der Waals surface area contributed by atoms with E-state index in [2.05, 4.69) is 52.4 Å². The second kappa shape index (κ2) is 8.03. The van der Waals surface area contributed by atoms with Gasteiger partial charge in [-0.05, 0) is 41.8 Å². The molecular weight excluding hydrogens is 212 g/mol. The normalized spacial score (nSPS) is 13.1. The summed E-state index contributed by atoms with van der Waals surface area (Å²) in [6, 6.07) is 0. The van der Waals surface area contributed by atoms with Gasteiger partial charge < -0.3 is 0 Å². The standard InChI is InChI=1S/C13H34N4/c1-7-16(8-2,11-14-5)13-17(9-3,10-4)12-15-6/h14-15H,7-13H2,1-6H3/q+2. The van der Waals surface area contributed by atoms with Crippen LogP contribution >= 0.6 is 0 Å². The Morgan fingerprint density at radius 2 is 0.941 bits per heavy atom. The number of nitrogens with zero attached hydrogens (tertiary/aromatic N) is 2. The van der Waals surface area contributed by atoms with E-state index in [1.165, 1.54) is 32.8 Å². The van der Waals surface area contributed by atoms with Crippen LogP contribution < -0.4 is 10.6 Å². The van der Waals surface area contributed by atoms with E-state index in [1.807, 2.05) is 0 Å². The van der Waals surface area contributed by atoms with E-state index in [-0.39, 0.29) is 0 Å². The molecule has 0 aliphatic rings. The fourth-order valence-electron chi connectivity index (χ4n) is 2.70. The van der Waals surface area contributed by atoms with Crippen molar-refractivity contribution < 1.29 is 8.97 Å². The molecule has 0 aromatic rings. The predicted octanol–water partition coefficient (Wildman–Crippen LogP) is 1.01. The number of rotatable bonds is 10. The van der Waals surface area contributed by atoms with Gasteiger partial charge in [-0.3, -0.25) is 19.6 Å². The van der Waals surface area contributed by atoms with E-state index in [1.54, 1.807) is 0 Å². The summed E-state index contributed by atoms with van der Waals surface area (Å²) in [6.45, 7) is 17.3. The molecule has 0 spiro atoms. The maximum atomic E-state index is 3.37. The van der Waals surface area contributed by atoms with Gasteiger partial charge in [0.2, 0.25) is 6.67 Å². The van der Waals surface area contributed by atoms with Crippen LogP contribution in [0.15, 0.2) is 0 Å². The van der Waals surface area contributed by atoms with Crippen LogP contribution in [0.25, 0.3) is 0 Å². The fraction of sp³-hybridized carbons (Fsp3) is 1.00. The van der Waals surface area contributed by atoms with Gasteiger partial charge in [-0.25, -0.2) is 0 Å². The van der Waals surface area contributed by atoms with Crippen molar-refractivity contribution in [1.29, 1.82) is 0 Å². The maximum Gasteiger partial charge on any atom is 0.209 e. The third-order valence-electron chi connectivity index (χ3n) is 4.27. The molecule has 0 heterocycles. The molecule has 0 unspecified atom stereocenters. The Balaban J connectivity index is 4.89. The van der Waals surface area contributed by atoms with Crippen molar-refractivity contribution in [2.75, 3.05) is 60.3 Å². The largest absolute Gasteiger partial charge is 0.273 e. The first-order valence-electron chi connectivity index (χ1n) is 7.07. The van der Waals surface area contributed by atoms with Gasteiger partial charge in [0, 0.05) is 0 Å². The molecule has 0 aliphatic heterocycles. The number of hydrogen-bond donors (Lipinski definition) is 2. The van der Waals surface area contributed by atoms with Crippen molar-refractivity contribution in [1.82, 2.24) is 10.6 Å². The van der Waals surface area contributed by atoms with Gasteiger partial charge >= 0.3 is 0 Å². The van der Waals surface area contributed by atoms with Crippen molar-refractivity contribution in [2.45, 2.75) is 27.7 Å². The molecule has 0 saturated heterocycles. The molecule has 0 aromatic carbocycles. The Kier molecular flexibility index (Phi) is 7.96.